The molecule has 0 spiro atoms. The highest BCUT2D eigenvalue weighted by molar-refractivity contribution is 5.15. The molecule has 1 aromatic carbocycles. The Bertz CT molecular complexity index is 479. The Kier molecular flexibility index (Phi) is 3.35. The fourth-order valence-corrected chi connectivity index (χ4v) is 1.59. The summed E-state index contributed by atoms with van der Waals surface area (Å²) in [5, 5.41) is 12.8. The fourth-order valence-electron chi connectivity index (χ4n) is 1.59. The molecule has 1 aromatic heterocycles. The SMILES string of the molecule is N#CCCc1cnn(Cc2ccccc2)c1. The van der Waals surface area contributed by atoms with Crippen molar-refractivity contribution in [2.75, 3.05) is 0 Å². The van der Waals surface area contributed by atoms with Gasteiger partial charge < -0.3 is 0 Å². The summed E-state index contributed by atoms with van der Waals surface area (Å²) >= 11 is 0. The van der Waals surface area contributed by atoms with Gasteiger partial charge in [0.25, 0.3) is 0 Å². The van der Waals surface area contributed by atoms with Gasteiger partial charge in [-0.25, -0.2) is 0 Å². The van der Waals surface area contributed by atoms with E-state index in [-0.39, 0.29) is 0 Å². The van der Waals surface area contributed by atoms with Crippen LogP contribution in [0.3, 0.4) is 0 Å². The Hall–Kier alpha value is -2.08. The second-order valence-corrected chi connectivity index (χ2v) is 3.69. The van der Waals surface area contributed by atoms with Gasteiger partial charge in [-0.1, -0.05) is 30.3 Å². The minimum Gasteiger partial charge on any atom is -0.268 e. The van der Waals surface area contributed by atoms with E-state index in [1.54, 1.807) is 0 Å². The fraction of sp³-hybridized carbons (Fsp3) is 0.231. The summed E-state index contributed by atoms with van der Waals surface area (Å²) in [4.78, 5) is 0. The van der Waals surface area contributed by atoms with E-state index in [0.717, 1.165) is 18.5 Å². The zero-order valence-electron chi connectivity index (χ0n) is 9.00. The average molecular weight is 211 g/mol. The van der Waals surface area contributed by atoms with Crippen molar-refractivity contribution in [1.82, 2.24) is 9.78 Å². The predicted molar refractivity (Wildman–Crippen MR) is 61.7 cm³/mol. The molecule has 0 aliphatic heterocycles. The first-order valence-corrected chi connectivity index (χ1v) is 5.30. The third-order valence-electron chi connectivity index (χ3n) is 2.40. The Morgan fingerprint density at radius 2 is 2.00 bits per heavy atom. The van der Waals surface area contributed by atoms with Gasteiger partial charge in [0, 0.05) is 12.6 Å². The molecule has 1 heterocycles. The molecule has 0 atom stereocenters. The third kappa shape index (κ3) is 2.71. The zero-order valence-corrected chi connectivity index (χ0v) is 9.00. The van der Waals surface area contributed by atoms with E-state index in [2.05, 4.69) is 23.3 Å². The molecule has 0 N–H and O–H groups in total. The van der Waals surface area contributed by atoms with E-state index >= 15 is 0 Å². The molecule has 0 fully saturated rings. The van der Waals surface area contributed by atoms with Gasteiger partial charge in [-0.05, 0) is 17.5 Å². The number of aryl methyl sites for hydroxylation is 1. The van der Waals surface area contributed by atoms with Crippen molar-refractivity contribution in [3.63, 3.8) is 0 Å². The minimum atomic E-state index is 0.553. The molecule has 80 valence electrons. The lowest BCUT2D eigenvalue weighted by Crippen LogP contribution is -1.99. The van der Waals surface area contributed by atoms with E-state index < -0.39 is 0 Å². The highest BCUT2D eigenvalue weighted by atomic mass is 15.3. The van der Waals surface area contributed by atoms with Gasteiger partial charge in [0.1, 0.15) is 0 Å². The van der Waals surface area contributed by atoms with Crippen molar-refractivity contribution in [3.05, 3.63) is 53.9 Å². The van der Waals surface area contributed by atoms with Crippen molar-refractivity contribution in [2.24, 2.45) is 0 Å². The molecule has 0 saturated carbocycles. The highest BCUT2D eigenvalue weighted by Gasteiger charge is 1.99. The number of rotatable bonds is 4. The molecule has 0 radical (unpaired) electrons. The molecule has 3 nitrogen and oxygen atoms in total. The second-order valence-electron chi connectivity index (χ2n) is 3.69. The topological polar surface area (TPSA) is 41.6 Å². The van der Waals surface area contributed by atoms with Gasteiger partial charge in [-0.15, -0.1) is 0 Å². The first-order valence-electron chi connectivity index (χ1n) is 5.30. The van der Waals surface area contributed by atoms with Crippen LogP contribution >= 0.6 is 0 Å². The predicted octanol–water partition coefficient (Wildman–Crippen LogP) is 2.39. The van der Waals surface area contributed by atoms with Gasteiger partial charge in [0.15, 0.2) is 0 Å². The van der Waals surface area contributed by atoms with Crippen LogP contribution in [0.25, 0.3) is 0 Å². The number of benzene rings is 1. The summed E-state index contributed by atoms with van der Waals surface area (Å²) in [6.45, 7) is 0.785. The highest BCUT2D eigenvalue weighted by Crippen LogP contribution is 2.05. The maximum atomic E-state index is 8.49. The van der Waals surface area contributed by atoms with Crippen LogP contribution in [-0.4, -0.2) is 9.78 Å². The normalized spacial score (nSPS) is 9.94. The molecule has 16 heavy (non-hydrogen) atoms. The van der Waals surface area contributed by atoms with Crippen LogP contribution in [-0.2, 0) is 13.0 Å². The molecule has 0 aliphatic carbocycles. The largest absolute Gasteiger partial charge is 0.268 e. The maximum Gasteiger partial charge on any atom is 0.0659 e. The summed E-state index contributed by atoms with van der Waals surface area (Å²) in [6.07, 6.45) is 5.17. The van der Waals surface area contributed by atoms with Crippen molar-refractivity contribution >= 4 is 0 Å². The summed E-state index contributed by atoms with van der Waals surface area (Å²) in [6, 6.07) is 12.3. The van der Waals surface area contributed by atoms with Crippen molar-refractivity contribution < 1.29 is 0 Å². The van der Waals surface area contributed by atoms with Crippen LogP contribution < -0.4 is 0 Å². The average Bonchev–Trinajstić information content (AvgIpc) is 2.75. The lowest BCUT2D eigenvalue weighted by atomic mass is 10.2. The van der Waals surface area contributed by atoms with Gasteiger partial charge in [-0.2, -0.15) is 10.4 Å². The summed E-state index contributed by atoms with van der Waals surface area (Å²) in [5.41, 5.74) is 2.36. The maximum absolute atomic E-state index is 8.49. The quantitative estimate of drug-likeness (QED) is 0.779. The molecule has 2 rings (SSSR count). The van der Waals surface area contributed by atoms with E-state index in [9.17, 15) is 0 Å². The smallest absolute Gasteiger partial charge is 0.0659 e. The Balaban J connectivity index is 2.01. The molecule has 2 aromatic rings. The van der Waals surface area contributed by atoms with Crippen LogP contribution in [0.2, 0.25) is 0 Å². The van der Waals surface area contributed by atoms with E-state index in [0.29, 0.717) is 6.42 Å². The van der Waals surface area contributed by atoms with Crippen LogP contribution in [0.1, 0.15) is 17.5 Å². The number of aromatic nitrogens is 2. The van der Waals surface area contributed by atoms with Gasteiger partial charge in [0.2, 0.25) is 0 Å². The van der Waals surface area contributed by atoms with Crippen LogP contribution in [0.5, 0.6) is 0 Å². The van der Waals surface area contributed by atoms with Crippen LogP contribution in [0, 0.1) is 11.3 Å². The lowest BCUT2D eigenvalue weighted by Gasteiger charge is -2.00. The second kappa shape index (κ2) is 5.13. The standard InChI is InChI=1S/C13H13N3/c14-8-4-7-13-9-15-16(11-13)10-12-5-2-1-3-6-12/h1-3,5-6,9,11H,4,7,10H2. The lowest BCUT2D eigenvalue weighted by molar-refractivity contribution is 0.686. The Morgan fingerprint density at radius 3 is 2.75 bits per heavy atom. The van der Waals surface area contributed by atoms with Gasteiger partial charge in [0.05, 0.1) is 18.8 Å². The molecule has 0 saturated heterocycles. The van der Waals surface area contributed by atoms with Crippen LogP contribution in [0.4, 0.5) is 0 Å². The molecular weight excluding hydrogens is 198 g/mol. The Morgan fingerprint density at radius 1 is 1.19 bits per heavy atom. The first-order chi connectivity index (χ1) is 7.88. The van der Waals surface area contributed by atoms with Gasteiger partial charge >= 0.3 is 0 Å². The molecule has 0 unspecified atom stereocenters. The number of hydrogen-bond acceptors (Lipinski definition) is 2. The molecule has 3 heteroatoms. The summed E-state index contributed by atoms with van der Waals surface area (Å²) in [7, 11) is 0. The van der Waals surface area contributed by atoms with Gasteiger partial charge in [-0.3, -0.25) is 4.68 Å². The number of hydrogen-bond donors (Lipinski definition) is 0. The molecule has 0 bridgehead atoms. The van der Waals surface area contributed by atoms with E-state index in [4.69, 9.17) is 5.26 Å². The van der Waals surface area contributed by atoms with Crippen molar-refractivity contribution in [2.45, 2.75) is 19.4 Å². The summed E-state index contributed by atoms with van der Waals surface area (Å²) < 4.78 is 1.90. The Labute approximate surface area is 94.9 Å². The molecule has 0 aliphatic rings. The number of nitriles is 1. The zero-order chi connectivity index (χ0) is 11.2. The number of nitrogens with zero attached hydrogens (tertiary/aromatic N) is 3. The monoisotopic (exact) mass is 211 g/mol. The van der Waals surface area contributed by atoms with Crippen molar-refractivity contribution in [1.29, 1.82) is 5.26 Å². The third-order valence-corrected chi connectivity index (χ3v) is 2.40. The van der Waals surface area contributed by atoms with Crippen molar-refractivity contribution in [3.8, 4) is 6.07 Å². The molecular formula is C13H13N3. The van der Waals surface area contributed by atoms with E-state index in [1.807, 2.05) is 35.3 Å². The summed E-state index contributed by atoms with van der Waals surface area (Å²) in [5.74, 6) is 0. The minimum absolute atomic E-state index is 0.553. The first kappa shape index (κ1) is 10.4. The van der Waals surface area contributed by atoms with E-state index in [1.165, 1.54) is 5.56 Å². The molecule has 0 amide bonds. The van der Waals surface area contributed by atoms with Crippen LogP contribution in [0.15, 0.2) is 42.7 Å².